The standard InChI is InChI=1S/C11H15NO2/c1-7-5-9(6-11(13)14)8(2)12(7)10-3-4-10/h5,10H,3-4,6H2,1-2H3,(H,13,14). The zero-order valence-electron chi connectivity index (χ0n) is 8.58. The Morgan fingerprint density at radius 1 is 1.57 bits per heavy atom. The van der Waals surface area contributed by atoms with Gasteiger partial charge in [0.05, 0.1) is 6.42 Å². The number of aliphatic carboxylic acids is 1. The summed E-state index contributed by atoms with van der Waals surface area (Å²) in [6.07, 6.45) is 2.62. The highest BCUT2D eigenvalue weighted by atomic mass is 16.4. The van der Waals surface area contributed by atoms with Crippen molar-refractivity contribution in [1.82, 2.24) is 4.57 Å². The predicted molar refractivity (Wildman–Crippen MR) is 53.5 cm³/mol. The minimum Gasteiger partial charge on any atom is -0.481 e. The molecule has 0 aromatic carbocycles. The highest BCUT2D eigenvalue weighted by molar-refractivity contribution is 5.70. The van der Waals surface area contributed by atoms with Crippen LogP contribution in [-0.2, 0) is 11.2 Å². The number of carboxylic acids is 1. The smallest absolute Gasteiger partial charge is 0.307 e. The van der Waals surface area contributed by atoms with Gasteiger partial charge < -0.3 is 9.67 Å². The van der Waals surface area contributed by atoms with Crippen molar-refractivity contribution in [3.05, 3.63) is 23.0 Å². The first-order valence-corrected chi connectivity index (χ1v) is 4.98. The van der Waals surface area contributed by atoms with E-state index in [1.165, 1.54) is 18.5 Å². The molecule has 1 heterocycles. The van der Waals surface area contributed by atoms with Crippen molar-refractivity contribution in [1.29, 1.82) is 0 Å². The van der Waals surface area contributed by atoms with Gasteiger partial charge in [0, 0.05) is 17.4 Å². The number of nitrogens with zero attached hydrogens (tertiary/aromatic N) is 1. The molecule has 76 valence electrons. The van der Waals surface area contributed by atoms with Gasteiger partial charge in [-0.25, -0.2) is 0 Å². The van der Waals surface area contributed by atoms with Gasteiger partial charge in [-0.05, 0) is 38.3 Å². The van der Waals surface area contributed by atoms with Crippen molar-refractivity contribution in [2.24, 2.45) is 0 Å². The molecule has 0 saturated heterocycles. The number of carboxylic acid groups (broad SMARTS) is 1. The molecule has 1 saturated carbocycles. The number of hydrogen-bond acceptors (Lipinski definition) is 1. The lowest BCUT2D eigenvalue weighted by atomic mass is 10.2. The Balaban J connectivity index is 2.33. The maximum Gasteiger partial charge on any atom is 0.307 e. The highest BCUT2D eigenvalue weighted by Gasteiger charge is 2.27. The van der Waals surface area contributed by atoms with Crippen LogP contribution in [0.5, 0.6) is 0 Å². The van der Waals surface area contributed by atoms with Gasteiger partial charge in [-0.1, -0.05) is 0 Å². The maximum atomic E-state index is 10.6. The highest BCUT2D eigenvalue weighted by Crippen LogP contribution is 2.38. The van der Waals surface area contributed by atoms with Crippen LogP contribution >= 0.6 is 0 Å². The number of hydrogen-bond donors (Lipinski definition) is 1. The first-order valence-electron chi connectivity index (χ1n) is 4.98. The van der Waals surface area contributed by atoms with Crippen LogP contribution in [0.15, 0.2) is 6.07 Å². The van der Waals surface area contributed by atoms with Crippen molar-refractivity contribution in [2.45, 2.75) is 39.2 Å². The molecule has 1 aromatic heterocycles. The van der Waals surface area contributed by atoms with Gasteiger partial charge in [0.1, 0.15) is 0 Å². The molecular weight excluding hydrogens is 178 g/mol. The van der Waals surface area contributed by atoms with Crippen LogP contribution in [0.3, 0.4) is 0 Å². The third kappa shape index (κ3) is 1.54. The summed E-state index contributed by atoms with van der Waals surface area (Å²) in [6.45, 7) is 4.07. The summed E-state index contributed by atoms with van der Waals surface area (Å²) in [5, 5.41) is 8.74. The Kier molecular flexibility index (Phi) is 2.10. The maximum absolute atomic E-state index is 10.6. The lowest BCUT2D eigenvalue weighted by Crippen LogP contribution is -2.03. The van der Waals surface area contributed by atoms with Crippen LogP contribution in [0.1, 0.15) is 35.8 Å². The summed E-state index contributed by atoms with van der Waals surface area (Å²) >= 11 is 0. The van der Waals surface area contributed by atoms with Gasteiger partial charge in [0.15, 0.2) is 0 Å². The van der Waals surface area contributed by atoms with Crippen LogP contribution in [0, 0.1) is 13.8 Å². The monoisotopic (exact) mass is 193 g/mol. The Morgan fingerprint density at radius 3 is 2.71 bits per heavy atom. The van der Waals surface area contributed by atoms with E-state index in [1.54, 1.807) is 0 Å². The Labute approximate surface area is 83.4 Å². The lowest BCUT2D eigenvalue weighted by molar-refractivity contribution is -0.136. The average Bonchev–Trinajstić information content (AvgIpc) is 2.82. The van der Waals surface area contributed by atoms with Gasteiger partial charge in [0.25, 0.3) is 0 Å². The van der Waals surface area contributed by atoms with Gasteiger partial charge in [0.2, 0.25) is 0 Å². The number of aryl methyl sites for hydroxylation is 1. The van der Waals surface area contributed by atoms with Crippen LogP contribution < -0.4 is 0 Å². The van der Waals surface area contributed by atoms with Crippen molar-refractivity contribution in [3.63, 3.8) is 0 Å². The molecule has 0 radical (unpaired) electrons. The fourth-order valence-corrected chi connectivity index (χ4v) is 2.08. The van der Waals surface area contributed by atoms with E-state index in [0.717, 1.165) is 11.3 Å². The molecule has 3 nitrogen and oxygen atoms in total. The Hall–Kier alpha value is -1.25. The fourth-order valence-electron chi connectivity index (χ4n) is 2.08. The molecule has 1 aliphatic rings. The first kappa shape index (κ1) is 9.31. The quantitative estimate of drug-likeness (QED) is 0.798. The number of carbonyl (C=O) groups is 1. The fraction of sp³-hybridized carbons (Fsp3) is 0.545. The van der Waals surface area contributed by atoms with Gasteiger partial charge in [-0.15, -0.1) is 0 Å². The van der Waals surface area contributed by atoms with Crippen LogP contribution in [0.25, 0.3) is 0 Å². The molecular formula is C11H15NO2. The van der Waals surface area contributed by atoms with Gasteiger partial charge in [-0.3, -0.25) is 4.79 Å². The first-order chi connectivity index (χ1) is 6.59. The van der Waals surface area contributed by atoms with Crippen LogP contribution in [-0.4, -0.2) is 15.6 Å². The molecule has 0 amide bonds. The zero-order chi connectivity index (χ0) is 10.3. The van der Waals surface area contributed by atoms with Gasteiger partial charge >= 0.3 is 5.97 Å². The molecule has 1 fully saturated rings. The topological polar surface area (TPSA) is 42.2 Å². The van der Waals surface area contributed by atoms with Gasteiger partial charge in [-0.2, -0.15) is 0 Å². The van der Waals surface area contributed by atoms with Crippen molar-refractivity contribution < 1.29 is 9.90 Å². The van der Waals surface area contributed by atoms with E-state index in [9.17, 15) is 4.79 Å². The Morgan fingerprint density at radius 2 is 2.21 bits per heavy atom. The van der Waals surface area contributed by atoms with E-state index in [-0.39, 0.29) is 6.42 Å². The summed E-state index contributed by atoms with van der Waals surface area (Å²) in [4.78, 5) is 10.6. The van der Waals surface area contributed by atoms with Crippen molar-refractivity contribution in [2.75, 3.05) is 0 Å². The SMILES string of the molecule is Cc1cc(CC(=O)O)c(C)n1C1CC1. The normalized spacial score (nSPS) is 15.9. The lowest BCUT2D eigenvalue weighted by Gasteiger charge is -2.06. The minimum absolute atomic E-state index is 0.145. The molecule has 0 bridgehead atoms. The number of rotatable bonds is 3. The molecule has 14 heavy (non-hydrogen) atoms. The third-order valence-electron chi connectivity index (χ3n) is 2.84. The summed E-state index contributed by atoms with van der Waals surface area (Å²) in [5.41, 5.74) is 3.29. The molecule has 0 aliphatic heterocycles. The van der Waals surface area contributed by atoms with Crippen LogP contribution in [0.4, 0.5) is 0 Å². The third-order valence-corrected chi connectivity index (χ3v) is 2.84. The molecule has 1 aliphatic carbocycles. The van der Waals surface area contributed by atoms with E-state index in [1.807, 2.05) is 13.0 Å². The van der Waals surface area contributed by atoms with E-state index < -0.39 is 5.97 Å². The van der Waals surface area contributed by atoms with E-state index >= 15 is 0 Å². The van der Waals surface area contributed by atoms with E-state index in [4.69, 9.17) is 5.11 Å². The molecule has 2 rings (SSSR count). The number of aromatic nitrogens is 1. The molecule has 1 aromatic rings. The van der Waals surface area contributed by atoms with Crippen molar-refractivity contribution >= 4 is 5.97 Å². The summed E-state index contributed by atoms with van der Waals surface area (Å²) in [5.74, 6) is -0.749. The molecule has 3 heteroatoms. The molecule has 0 spiro atoms. The predicted octanol–water partition coefficient (Wildman–Crippen LogP) is 2.07. The zero-order valence-corrected chi connectivity index (χ0v) is 8.58. The Bertz CT molecular complexity index is 375. The largest absolute Gasteiger partial charge is 0.481 e. The summed E-state index contributed by atoms with van der Waals surface area (Å²) in [7, 11) is 0. The minimum atomic E-state index is -0.749. The second-order valence-electron chi connectivity index (χ2n) is 4.07. The van der Waals surface area contributed by atoms with Crippen LogP contribution in [0.2, 0.25) is 0 Å². The second kappa shape index (κ2) is 3.15. The molecule has 1 N–H and O–H groups in total. The van der Waals surface area contributed by atoms with E-state index in [0.29, 0.717) is 6.04 Å². The summed E-state index contributed by atoms with van der Waals surface area (Å²) < 4.78 is 2.28. The summed E-state index contributed by atoms with van der Waals surface area (Å²) in [6, 6.07) is 2.64. The average molecular weight is 193 g/mol. The second-order valence-corrected chi connectivity index (χ2v) is 4.07. The van der Waals surface area contributed by atoms with Crippen molar-refractivity contribution in [3.8, 4) is 0 Å². The molecule has 0 unspecified atom stereocenters. The molecule has 0 atom stereocenters. The van der Waals surface area contributed by atoms with E-state index in [2.05, 4.69) is 11.5 Å².